The maximum atomic E-state index is 12.4. The zero-order valence-electron chi connectivity index (χ0n) is 12.1. The summed E-state index contributed by atoms with van der Waals surface area (Å²) in [7, 11) is 3.93. The molecule has 1 heterocycles. The van der Waals surface area contributed by atoms with Gasteiger partial charge in [-0.3, -0.25) is 9.36 Å². The Bertz CT molecular complexity index is 734. The molecule has 0 fully saturated rings. The van der Waals surface area contributed by atoms with E-state index in [-0.39, 0.29) is 11.1 Å². The molecule has 0 aliphatic heterocycles. The minimum Gasteiger partial charge on any atom is -0.378 e. The molecule has 102 valence electrons. The molecule has 0 radical (unpaired) electrons. The number of nitrogens with zero attached hydrogens (tertiary/aromatic N) is 3. The largest absolute Gasteiger partial charge is 0.378 e. The van der Waals surface area contributed by atoms with Gasteiger partial charge < -0.3 is 4.90 Å². The summed E-state index contributed by atoms with van der Waals surface area (Å²) in [5, 5.41) is 9.11. The van der Waals surface area contributed by atoms with Crippen LogP contribution in [0.4, 0.5) is 5.69 Å². The van der Waals surface area contributed by atoms with Crippen molar-refractivity contribution in [2.24, 2.45) is 0 Å². The fraction of sp³-hybridized carbons (Fsp3) is 0.250. The molecule has 0 saturated heterocycles. The third-order valence-electron chi connectivity index (χ3n) is 3.33. The number of hydrogen-bond acceptors (Lipinski definition) is 3. The highest BCUT2D eigenvalue weighted by Crippen LogP contribution is 2.16. The molecule has 0 N–H and O–H groups in total. The van der Waals surface area contributed by atoms with Crippen LogP contribution in [0.1, 0.15) is 16.8 Å². The van der Waals surface area contributed by atoms with E-state index in [9.17, 15) is 4.79 Å². The third-order valence-corrected chi connectivity index (χ3v) is 3.33. The highest BCUT2D eigenvalue weighted by molar-refractivity contribution is 5.51. The van der Waals surface area contributed by atoms with Crippen LogP contribution in [-0.4, -0.2) is 18.7 Å². The Morgan fingerprint density at radius 1 is 1.15 bits per heavy atom. The molecule has 0 spiro atoms. The highest BCUT2D eigenvalue weighted by Gasteiger charge is 2.11. The van der Waals surface area contributed by atoms with Crippen LogP contribution in [0.5, 0.6) is 0 Å². The number of anilines is 1. The van der Waals surface area contributed by atoms with Crippen LogP contribution < -0.4 is 10.5 Å². The van der Waals surface area contributed by atoms with Gasteiger partial charge in [0.05, 0.1) is 0 Å². The van der Waals surface area contributed by atoms with Crippen molar-refractivity contribution in [3.8, 4) is 11.8 Å². The van der Waals surface area contributed by atoms with Crippen LogP contribution in [-0.2, 0) is 0 Å². The lowest BCUT2D eigenvalue weighted by molar-refractivity contribution is 0.919. The first kappa shape index (κ1) is 13.9. The van der Waals surface area contributed by atoms with Crippen molar-refractivity contribution in [3.63, 3.8) is 0 Å². The van der Waals surface area contributed by atoms with Gasteiger partial charge in [0, 0.05) is 31.2 Å². The van der Waals surface area contributed by atoms with Crippen LogP contribution in [0.2, 0.25) is 0 Å². The summed E-state index contributed by atoms with van der Waals surface area (Å²) >= 11 is 0. The molecule has 0 amide bonds. The first-order valence-corrected chi connectivity index (χ1v) is 6.37. The van der Waals surface area contributed by atoms with E-state index >= 15 is 0 Å². The van der Waals surface area contributed by atoms with Crippen LogP contribution in [0.25, 0.3) is 5.69 Å². The van der Waals surface area contributed by atoms with E-state index in [1.165, 1.54) is 0 Å². The SMILES string of the molecule is Cc1cc(C)n(-c2ccc(N(C)C)cc2)c(=O)c1C#N. The molecule has 2 rings (SSSR count). The number of pyridine rings is 1. The normalized spacial score (nSPS) is 10.2. The Morgan fingerprint density at radius 2 is 1.75 bits per heavy atom. The number of rotatable bonds is 2. The highest BCUT2D eigenvalue weighted by atomic mass is 16.1. The van der Waals surface area contributed by atoms with Crippen LogP contribution in [0.3, 0.4) is 0 Å². The second-order valence-electron chi connectivity index (χ2n) is 5.01. The number of aromatic nitrogens is 1. The summed E-state index contributed by atoms with van der Waals surface area (Å²) in [5.41, 5.74) is 3.32. The van der Waals surface area contributed by atoms with Crippen molar-refractivity contribution in [2.45, 2.75) is 13.8 Å². The summed E-state index contributed by atoms with van der Waals surface area (Å²) in [6, 6.07) is 11.5. The van der Waals surface area contributed by atoms with Gasteiger partial charge in [-0.25, -0.2) is 0 Å². The quantitative estimate of drug-likeness (QED) is 0.839. The van der Waals surface area contributed by atoms with E-state index in [2.05, 4.69) is 0 Å². The second-order valence-corrected chi connectivity index (χ2v) is 5.01. The van der Waals surface area contributed by atoms with E-state index in [0.29, 0.717) is 0 Å². The average molecular weight is 267 g/mol. The van der Waals surface area contributed by atoms with Gasteiger partial charge in [0.2, 0.25) is 0 Å². The van der Waals surface area contributed by atoms with Crippen molar-refractivity contribution >= 4 is 5.69 Å². The molecule has 0 unspecified atom stereocenters. The van der Waals surface area contributed by atoms with E-state index in [1.807, 2.05) is 62.3 Å². The number of nitriles is 1. The van der Waals surface area contributed by atoms with Gasteiger partial charge in [-0.15, -0.1) is 0 Å². The predicted molar refractivity (Wildman–Crippen MR) is 80.6 cm³/mol. The first-order chi connectivity index (χ1) is 9.45. The van der Waals surface area contributed by atoms with E-state index in [4.69, 9.17) is 5.26 Å². The Labute approximate surface area is 118 Å². The fourth-order valence-electron chi connectivity index (χ4n) is 2.25. The number of aryl methyl sites for hydroxylation is 2. The van der Waals surface area contributed by atoms with Gasteiger partial charge in [0.15, 0.2) is 0 Å². The number of hydrogen-bond donors (Lipinski definition) is 0. The molecule has 0 saturated carbocycles. The predicted octanol–water partition coefficient (Wildman–Crippen LogP) is 2.39. The molecule has 0 aliphatic rings. The van der Waals surface area contributed by atoms with Crippen LogP contribution in [0.15, 0.2) is 35.1 Å². The van der Waals surface area contributed by atoms with Gasteiger partial charge >= 0.3 is 0 Å². The molecule has 1 aromatic carbocycles. The molecule has 0 bridgehead atoms. The lowest BCUT2D eigenvalue weighted by Gasteiger charge is -2.15. The number of benzene rings is 1. The molecular formula is C16H17N3O. The lowest BCUT2D eigenvalue weighted by Crippen LogP contribution is -2.24. The lowest BCUT2D eigenvalue weighted by atomic mass is 10.1. The molecule has 0 aliphatic carbocycles. The molecule has 4 nitrogen and oxygen atoms in total. The maximum Gasteiger partial charge on any atom is 0.273 e. The molecular weight excluding hydrogens is 250 g/mol. The van der Waals surface area contributed by atoms with Crippen molar-refractivity contribution < 1.29 is 0 Å². The summed E-state index contributed by atoms with van der Waals surface area (Å²) in [5.74, 6) is 0. The van der Waals surface area contributed by atoms with Gasteiger partial charge in [-0.2, -0.15) is 5.26 Å². The third kappa shape index (κ3) is 2.30. The minimum atomic E-state index is -0.261. The fourth-order valence-corrected chi connectivity index (χ4v) is 2.25. The topological polar surface area (TPSA) is 49.0 Å². The van der Waals surface area contributed by atoms with E-state index < -0.39 is 0 Å². The van der Waals surface area contributed by atoms with Crippen molar-refractivity contribution in [2.75, 3.05) is 19.0 Å². The van der Waals surface area contributed by atoms with Crippen molar-refractivity contribution in [3.05, 3.63) is 57.5 Å². The van der Waals surface area contributed by atoms with Crippen LogP contribution >= 0.6 is 0 Å². The second kappa shape index (κ2) is 5.22. The summed E-state index contributed by atoms with van der Waals surface area (Å²) in [4.78, 5) is 14.4. The van der Waals surface area contributed by atoms with Crippen molar-refractivity contribution in [1.29, 1.82) is 5.26 Å². The first-order valence-electron chi connectivity index (χ1n) is 6.37. The summed E-state index contributed by atoms with van der Waals surface area (Å²) in [6.07, 6.45) is 0. The zero-order chi connectivity index (χ0) is 14.9. The Balaban J connectivity index is 2.64. The van der Waals surface area contributed by atoms with Gasteiger partial charge in [0.1, 0.15) is 11.6 Å². The van der Waals surface area contributed by atoms with E-state index in [1.54, 1.807) is 11.5 Å². The van der Waals surface area contributed by atoms with Gasteiger partial charge in [-0.05, 0) is 49.7 Å². The van der Waals surface area contributed by atoms with E-state index in [0.717, 1.165) is 22.6 Å². The molecule has 1 aromatic heterocycles. The molecule has 20 heavy (non-hydrogen) atoms. The van der Waals surface area contributed by atoms with Crippen LogP contribution in [0, 0.1) is 25.2 Å². The van der Waals surface area contributed by atoms with Gasteiger partial charge in [0.25, 0.3) is 5.56 Å². The monoisotopic (exact) mass is 267 g/mol. The maximum absolute atomic E-state index is 12.4. The smallest absolute Gasteiger partial charge is 0.273 e. The Hall–Kier alpha value is -2.54. The summed E-state index contributed by atoms with van der Waals surface area (Å²) in [6.45, 7) is 3.65. The molecule has 0 atom stereocenters. The zero-order valence-corrected chi connectivity index (χ0v) is 12.1. The molecule has 4 heteroatoms. The Kier molecular flexibility index (Phi) is 3.62. The minimum absolute atomic E-state index is 0.201. The average Bonchev–Trinajstić information content (AvgIpc) is 2.39. The van der Waals surface area contributed by atoms with Gasteiger partial charge in [-0.1, -0.05) is 0 Å². The Morgan fingerprint density at radius 3 is 2.25 bits per heavy atom. The molecule has 2 aromatic rings. The van der Waals surface area contributed by atoms with Crippen molar-refractivity contribution in [1.82, 2.24) is 4.57 Å². The summed E-state index contributed by atoms with van der Waals surface area (Å²) < 4.78 is 1.57. The standard InChI is InChI=1S/C16H17N3O/c1-11-9-12(2)19(16(20)15(11)10-17)14-7-5-13(6-8-14)18(3)4/h5-9H,1-4H3.